The van der Waals surface area contributed by atoms with Crippen molar-refractivity contribution < 1.29 is 9.31 Å². The monoisotopic (exact) mass is 224 g/mol. The van der Waals surface area contributed by atoms with Crippen LogP contribution in [-0.4, -0.2) is 17.5 Å². The molecule has 16 heavy (non-hydrogen) atoms. The van der Waals surface area contributed by atoms with E-state index in [1.807, 2.05) is 7.05 Å². The highest BCUT2D eigenvalue weighted by Crippen LogP contribution is 2.38. The largest absolute Gasteiger partial charge is 0.314 e. The molecule has 0 unspecified atom stereocenters. The fourth-order valence-electron chi connectivity index (χ4n) is 1.86. The first-order valence-electron chi connectivity index (χ1n) is 5.18. The third kappa shape index (κ3) is 2.04. The highest BCUT2D eigenvalue weighted by molar-refractivity contribution is 5.37. The van der Waals surface area contributed by atoms with Crippen LogP contribution in [0.25, 0.3) is 0 Å². The van der Waals surface area contributed by atoms with Crippen LogP contribution in [0.15, 0.2) is 18.2 Å². The van der Waals surface area contributed by atoms with E-state index in [0.29, 0.717) is 6.42 Å². The lowest BCUT2D eigenvalue weighted by atomic mass is 10.0. The Morgan fingerprint density at radius 3 is 2.75 bits per heavy atom. The van der Waals surface area contributed by atoms with Crippen molar-refractivity contribution in [1.29, 1.82) is 0 Å². The molecule has 1 saturated carbocycles. The minimum atomic E-state index is -0.775. The van der Waals surface area contributed by atoms with Gasteiger partial charge in [-0.2, -0.15) is 4.39 Å². The summed E-state index contributed by atoms with van der Waals surface area (Å²) < 4.78 is 13.1. The van der Waals surface area contributed by atoms with Crippen molar-refractivity contribution in [3.05, 3.63) is 39.7 Å². The summed E-state index contributed by atoms with van der Waals surface area (Å²) in [5.74, 6) is -0.775. The molecular weight excluding hydrogens is 211 g/mol. The predicted molar refractivity (Wildman–Crippen MR) is 57.8 cm³/mol. The van der Waals surface area contributed by atoms with Gasteiger partial charge in [0.2, 0.25) is 5.82 Å². The molecular formula is C11H13FN2O2. The van der Waals surface area contributed by atoms with Crippen LogP contribution < -0.4 is 5.32 Å². The van der Waals surface area contributed by atoms with Crippen LogP contribution in [0.4, 0.5) is 10.1 Å². The van der Waals surface area contributed by atoms with Gasteiger partial charge in [0, 0.05) is 11.6 Å². The van der Waals surface area contributed by atoms with Crippen LogP contribution in [0.1, 0.15) is 18.4 Å². The van der Waals surface area contributed by atoms with Gasteiger partial charge in [-0.25, -0.2) is 0 Å². The first kappa shape index (κ1) is 11.0. The molecule has 2 rings (SSSR count). The fourth-order valence-corrected chi connectivity index (χ4v) is 1.86. The number of nitrogens with one attached hydrogen (secondary N) is 1. The third-order valence-corrected chi connectivity index (χ3v) is 3.13. The second-order valence-corrected chi connectivity index (χ2v) is 4.25. The average Bonchev–Trinajstić information content (AvgIpc) is 3.01. The van der Waals surface area contributed by atoms with Crippen molar-refractivity contribution in [3.8, 4) is 0 Å². The Morgan fingerprint density at radius 2 is 2.25 bits per heavy atom. The van der Waals surface area contributed by atoms with Gasteiger partial charge in [0.05, 0.1) is 4.92 Å². The van der Waals surface area contributed by atoms with Gasteiger partial charge in [-0.1, -0.05) is 6.07 Å². The fraction of sp³-hybridized carbons (Fsp3) is 0.455. The molecule has 1 aromatic carbocycles. The molecule has 0 spiro atoms. The lowest BCUT2D eigenvalue weighted by molar-refractivity contribution is -0.387. The van der Waals surface area contributed by atoms with E-state index >= 15 is 0 Å². The molecule has 1 N–H and O–H groups in total. The van der Waals surface area contributed by atoms with Gasteiger partial charge < -0.3 is 5.32 Å². The Kier molecular flexibility index (Phi) is 2.63. The highest BCUT2D eigenvalue weighted by atomic mass is 19.1. The summed E-state index contributed by atoms with van der Waals surface area (Å²) >= 11 is 0. The molecule has 86 valence electrons. The number of hydrogen-bond acceptors (Lipinski definition) is 3. The maximum Gasteiger partial charge on any atom is 0.305 e. The van der Waals surface area contributed by atoms with Gasteiger partial charge in [0.25, 0.3) is 0 Å². The second-order valence-electron chi connectivity index (χ2n) is 4.25. The number of halogens is 1. The molecule has 5 heteroatoms. The van der Waals surface area contributed by atoms with E-state index in [9.17, 15) is 14.5 Å². The molecule has 0 atom stereocenters. The zero-order valence-corrected chi connectivity index (χ0v) is 9.00. The van der Waals surface area contributed by atoms with Crippen molar-refractivity contribution >= 4 is 5.69 Å². The van der Waals surface area contributed by atoms with Gasteiger partial charge in [0.1, 0.15) is 0 Å². The van der Waals surface area contributed by atoms with Crippen molar-refractivity contribution in [2.45, 2.75) is 24.8 Å². The first-order chi connectivity index (χ1) is 7.56. The van der Waals surface area contributed by atoms with Crippen LogP contribution >= 0.6 is 0 Å². The lowest BCUT2D eigenvalue weighted by Gasteiger charge is -2.13. The molecule has 0 amide bonds. The van der Waals surface area contributed by atoms with Crippen molar-refractivity contribution in [2.24, 2.45) is 0 Å². The summed E-state index contributed by atoms with van der Waals surface area (Å²) in [7, 11) is 1.88. The molecule has 0 saturated heterocycles. The third-order valence-electron chi connectivity index (χ3n) is 3.13. The van der Waals surface area contributed by atoms with E-state index in [2.05, 4.69) is 5.32 Å². The smallest absolute Gasteiger partial charge is 0.305 e. The molecule has 1 fully saturated rings. The topological polar surface area (TPSA) is 55.2 Å². The highest BCUT2D eigenvalue weighted by Gasteiger charge is 2.41. The van der Waals surface area contributed by atoms with Gasteiger partial charge in [0.15, 0.2) is 0 Å². The molecule has 0 heterocycles. The molecule has 0 radical (unpaired) electrons. The number of benzene rings is 1. The summed E-state index contributed by atoms with van der Waals surface area (Å²) in [6.45, 7) is 0. The Bertz CT molecular complexity index is 430. The molecule has 0 bridgehead atoms. The van der Waals surface area contributed by atoms with E-state index in [4.69, 9.17) is 0 Å². The van der Waals surface area contributed by atoms with Gasteiger partial charge in [-0.05, 0) is 37.9 Å². The quantitative estimate of drug-likeness (QED) is 0.628. The summed E-state index contributed by atoms with van der Waals surface area (Å²) in [6, 6.07) is 4.10. The van der Waals surface area contributed by atoms with E-state index in [1.54, 1.807) is 6.07 Å². The Balaban J connectivity index is 2.23. The summed E-state index contributed by atoms with van der Waals surface area (Å²) in [4.78, 5) is 9.89. The van der Waals surface area contributed by atoms with Crippen molar-refractivity contribution in [1.82, 2.24) is 5.32 Å². The number of nitro groups is 1. The molecule has 1 aliphatic carbocycles. The predicted octanol–water partition coefficient (Wildman–Crippen LogP) is 2.03. The van der Waals surface area contributed by atoms with Crippen LogP contribution in [0.3, 0.4) is 0 Å². The number of rotatable bonds is 4. The molecule has 0 aliphatic heterocycles. The SMILES string of the molecule is CNC1(Cc2ccc(F)c([N+](=O)[O-])c2)CC1. The van der Waals surface area contributed by atoms with E-state index in [0.717, 1.165) is 18.4 Å². The van der Waals surface area contributed by atoms with Crippen molar-refractivity contribution in [3.63, 3.8) is 0 Å². The average molecular weight is 224 g/mol. The van der Waals surface area contributed by atoms with E-state index in [-0.39, 0.29) is 5.54 Å². The standard InChI is InChI=1S/C11H13FN2O2/c1-13-11(4-5-11)7-8-2-3-9(12)10(6-8)14(15)16/h2-3,6,13H,4-5,7H2,1H3. The van der Waals surface area contributed by atoms with Crippen LogP contribution in [0, 0.1) is 15.9 Å². The lowest BCUT2D eigenvalue weighted by Crippen LogP contribution is -2.29. The number of nitro benzene ring substituents is 1. The zero-order chi connectivity index (χ0) is 11.8. The van der Waals surface area contributed by atoms with E-state index < -0.39 is 16.4 Å². The summed E-state index contributed by atoms with van der Waals surface area (Å²) in [5.41, 5.74) is 0.440. The normalized spacial score (nSPS) is 17.1. The zero-order valence-electron chi connectivity index (χ0n) is 9.00. The molecule has 4 nitrogen and oxygen atoms in total. The van der Waals surface area contributed by atoms with Gasteiger partial charge >= 0.3 is 5.69 Å². The van der Waals surface area contributed by atoms with Crippen LogP contribution in [0.2, 0.25) is 0 Å². The molecule has 1 aromatic rings. The maximum absolute atomic E-state index is 13.1. The number of hydrogen-bond donors (Lipinski definition) is 1. The minimum absolute atomic E-state index is 0.0751. The van der Waals surface area contributed by atoms with Crippen LogP contribution in [0.5, 0.6) is 0 Å². The summed E-state index contributed by atoms with van der Waals surface area (Å²) in [5, 5.41) is 13.8. The van der Waals surface area contributed by atoms with Gasteiger partial charge in [-0.15, -0.1) is 0 Å². The first-order valence-corrected chi connectivity index (χ1v) is 5.18. The summed E-state index contributed by atoms with van der Waals surface area (Å²) in [6.07, 6.45) is 2.84. The van der Waals surface area contributed by atoms with E-state index in [1.165, 1.54) is 12.1 Å². The number of likely N-dealkylation sites (N-methyl/N-ethyl adjacent to an activating group) is 1. The van der Waals surface area contributed by atoms with Gasteiger partial charge in [-0.3, -0.25) is 10.1 Å². The Morgan fingerprint density at radius 1 is 1.56 bits per heavy atom. The maximum atomic E-state index is 13.1. The van der Waals surface area contributed by atoms with Crippen LogP contribution in [-0.2, 0) is 6.42 Å². The van der Waals surface area contributed by atoms with Crippen molar-refractivity contribution in [2.75, 3.05) is 7.05 Å². The Hall–Kier alpha value is -1.49. The minimum Gasteiger partial charge on any atom is -0.314 e. The number of nitrogens with zero attached hydrogens (tertiary/aromatic N) is 1. The molecule has 0 aromatic heterocycles. The second kappa shape index (κ2) is 3.83. The Labute approximate surface area is 92.6 Å². The molecule has 1 aliphatic rings.